The molecule has 0 aromatic carbocycles. The molecule has 2 N–H and O–H groups in total. The molecule has 0 unspecified atom stereocenters. The maximum Gasteiger partial charge on any atom is 0.0364 e. The molecule has 1 atom stereocenters. The third-order valence-corrected chi connectivity index (χ3v) is 3.84. The SMILES string of the molecule is Cc1c(Br)csc1[C@H](C)N. The second kappa shape index (κ2) is 3.03. The molecular weight excluding hydrogens is 210 g/mol. The topological polar surface area (TPSA) is 26.0 Å². The highest BCUT2D eigenvalue weighted by Crippen LogP contribution is 2.29. The summed E-state index contributed by atoms with van der Waals surface area (Å²) >= 11 is 5.15. The molecule has 0 saturated heterocycles. The van der Waals surface area contributed by atoms with Gasteiger partial charge in [0.1, 0.15) is 0 Å². The number of halogens is 1. The largest absolute Gasteiger partial charge is 0.323 e. The zero-order valence-corrected chi connectivity index (χ0v) is 8.42. The van der Waals surface area contributed by atoms with E-state index in [0.717, 1.165) is 0 Å². The Kier molecular flexibility index (Phi) is 2.50. The van der Waals surface area contributed by atoms with E-state index in [1.165, 1.54) is 14.9 Å². The number of thiophene rings is 1. The van der Waals surface area contributed by atoms with Crippen LogP contribution in [0.15, 0.2) is 9.85 Å². The van der Waals surface area contributed by atoms with E-state index >= 15 is 0 Å². The molecule has 10 heavy (non-hydrogen) atoms. The second-order valence-corrected chi connectivity index (χ2v) is 4.13. The fourth-order valence-corrected chi connectivity index (χ4v) is 2.39. The Labute approximate surface area is 73.4 Å². The van der Waals surface area contributed by atoms with Crippen LogP contribution in [0.4, 0.5) is 0 Å². The quantitative estimate of drug-likeness (QED) is 0.773. The third-order valence-electron chi connectivity index (χ3n) is 1.43. The molecule has 0 radical (unpaired) electrons. The summed E-state index contributed by atoms with van der Waals surface area (Å²) in [4.78, 5) is 1.27. The number of hydrogen-bond acceptors (Lipinski definition) is 2. The van der Waals surface area contributed by atoms with Crippen molar-refractivity contribution in [1.29, 1.82) is 0 Å². The molecule has 3 heteroatoms. The predicted octanol–water partition coefficient (Wildman–Crippen LogP) is 2.84. The maximum absolute atomic E-state index is 5.72. The standard InChI is InChI=1S/C7H10BrNS/c1-4-6(8)3-10-7(4)5(2)9/h3,5H,9H2,1-2H3/t5-/m0/s1. The Hall–Kier alpha value is 0.140. The van der Waals surface area contributed by atoms with Gasteiger partial charge in [-0.1, -0.05) is 0 Å². The minimum atomic E-state index is 0.163. The van der Waals surface area contributed by atoms with Gasteiger partial charge in [-0.15, -0.1) is 11.3 Å². The zero-order chi connectivity index (χ0) is 7.72. The molecule has 0 aliphatic carbocycles. The Bertz CT molecular complexity index is 230. The molecule has 0 spiro atoms. The highest BCUT2D eigenvalue weighted by atomic mass is 79.9. The molecule has 0 saturated carbocycles. The van der Waals surface area contributed by atoms with Crippen molar-refractivity contribution < 1.29 is 0 Å². The van der Waals surface area contributed by atoms with Crippen LogP contribution in [0, 0.1) is 6.92 Å². The Morgan fingerprint density at radius 1 is 1.70 bits per heavy atom. The van der Waals surface area contributed by atoms with Gasteiger partial charge >= 0.3 is 0 Å². The van der Waals surface area contributed by atoms with Crippen LogP contribution in [0.1, 0.15) is 23.4 Å². The van der Waals surface area contributed by atoms with Gasteiger partial charge in [-0.2, -0.15) is 0 Å². The molecule has 1 nitrogen and oxygen atoms in total. The number of rotatable bonds is 1. The van der Waals surface area contributed by atoms with Crippen LogP contribution >= 0.6 is 27.3 Å². The molecular formula is C7H10BrNS. The van der Waals surface area contributed by atoms with Gasteiger partial charge < -0.3 is 5.73 Å². The number of hydrogen-bond donors (Lipinski definition) is 1. The molecule has 1 heterocycles. The van der Waals surface area contributed by atoms with Gasteiger partial charge in [0.25, 0.3) is 0 Å². The van der Waals surface area contributed by atoms with Crippen molar-refractivity contribution in [3.8, 4) is 0 Å². The van der Waals surface area contributed by atoms with Gasteiger partial charge in [-0.25, -0.2) is 0 Å². The lowest BCUT2D eigenvalue weighted by molar-refractivity contribution is 0.830. The third kappa shape index (κ3) is 1.41. The van der Waals surface area contributed by atoms with Gasteiger partial charge in [0.15, 0.2) is 0 Å². The van der Waals surface area contributed by atoms with E-state index in [1.807, 2.05) is 6.92 Å². The Balaban J connectivity index is 3.05. The smallest absolute Gasteiger partial charge is 0.0364 e. The van der Waals surface area contributed by atoms with E-state index in [0.29, 0.717) is 0 Å². The fraction of sp³-hybridized carbons (Fsp3) is 0.429. The summed E-state index contributed by atoms with van der Waals surface area (Å²) in [6.45, 7) is 4.09. The average molecular weight is 220 g/mol. The summed E-state index contributed by atoms with van der Waals surface area (Å²) < 4.78 is 1.17. The van der Waals surface area contributed by atoms with Crippen LogP contribution in [0.5, 0.6) is 0 Å². The van der Waals surface area contributed by atoms with Crippen molar-refractivity contribution in [2.75, 3.05) is 0 Å². The first-order valence-electron chi connectivity index (χ1n) is 3.12. The highest BCUT2D eigenvalue weighted by molar-refractivity contribution is 9.10. The normalized spacial score (nSPS) is 13.6. The van der Waals surface area contributed by atoms with Crippen molar-refractivity contribution in [3.63, 3.8) is 0 Å². The van der Waals surface area contributed by atoms with Crippen molar-refractivity contribution in [3.05, 3.63) is 20.3 Å². The van der Waals surface area contributed by atoms with Crippen molar-refractivity contribution in [1.82, 2.24) is 0 Å². The summed E-state index contributed by atoms with van der Waals surface area (Å²) in [7, 11) is 0. The summed E-state index contributed by atoms with van der Waals surface area (Å²) in [6.07, 6.45) is 0. The van der Waals surface area contributed by atoms with E-state index in [2.05, 4.69) is 28.2 Å². The molecule has 56 valence electrons. The minimum absolute atomic E-state index is 0.163. The number of nitrogens with two attached hydrogens (primary N) is 1. The van der Waals surface area contributed by atoms with Crippen LogP contribution in [0.25, 0.3) is 0 Å². The molecule has 0 aliphatic heterocycles. The highest BCUT2D eigenvalue weighted by Gasteiger charge is 2.07. The lowest BCUT2D eigenvalue weighted by Crippen LogP contribution is -2.03. The van der Waals surface area contributed by atoms with Gasteiger partial charge in [0, 0.05) is 20.8 Å². The van der Waals surface area contributed by atoms with E-state index in [-0.39, 0.29) is 6.04 Å². The van der Waals surface area contributed by atoms with E-state index in [9.17, 15) is 0 Å². The summed E-state index contributed by atoms with van der Waals surface area (Å²) in [6, 6.07) is 0.163. The van der Waals surface area contributed by atoms with Crippen LogP contribution < -0.4 is 5.73 Å². The molecule has 1 aromatic heterocycles. The van der Waals surface area contributed by atoms with Gasteiger partial charge in [-0.3, -0.25) is 0 Å². The molecule has 0 aliphatic rings. The van der Waals surface area contributed by atoms with Crippen LogP contribution in [-0.4, -0.2) is 0 Å². The lowest BCUT2D eigenvalue weighted by atomic mass is 10.2. The Morgan fingerprint density at radius 2 is 2.30 bits per heavy atom. The van der Waals surface area contributed by atoms with E-state index in [1.54, 1.807) is 11.3 Å². The molecule has 1 aromatic rings. The fourth-order valence-electron chi connectivity index (χ4n) is 0.859. The summed E-state index contributed by atoms with van der Waals surface area (Å²) in [5.74, 6) is 0. The molecule has 0 fully saturated rings. The van der Waals surface area contributed by atoms with Crippen LogP contribution in [-0.2, 0) is 0 Å². The van der Waals surface area contributed by atoms with Crippen LogP contribution in [0.3, 0.4) is 0 Å². The molecule has 0 amide bonds. The Morgan fingerprint density at radius 3 is 2.50 bits per heavy atom. The van der Waals surface area contributed by atoms with Crippen molar-refractivity contribution >= 4 is 27.3 Å². The lowest BCUT2D eigenvalue weighted by Gasteiger charge is -2.01. The summed E-state index contributed by atoms with van der Waals surface area (Å²) in [5, 5.41) is 2.08. The first kappa shape index (κ1) is 8.24. The first-order valence-corrected chi connectivity index (χ1v) is 4.79. The van der Waals surface area contributed by atoms with Gasteiger partial charge in [0.05, 0.1) is 0 Å². The molecule has 1 rings (SSSR count). The second-order valence-electron chi connectivity index (χ2n) is 2.36. The zero-order valence-electron chi connectivity index (χ0n) is 6.02. The monoisotopic (exact) mass is 219 g/mol. The van der Waals surface area contributed by atoms with Gasteiger partial charge in [-0.05, 0) is 35.3 Å². The molecule has 0 bridgehead atoms. The predicted molar refractivity (Wildman–Crippen MR) is 49.4 cm³/mol. The van der Waals surface area contributed by atoms with Gasteiger partial charge in [0.2, 0.25) is 0 Å². The van der Waals surface area contributed by atoms with E-state index in [4.69, 9.17) is 5.73 Å². The summed E-state index contributed by atoms with van der Waals surface area (Å²) in [5.41, 5.74) is 7.00. The van der Waals surface area contributed by atoms with Crippen molar-refractivity contribution in [2.45, 2.75) is 19.9 Å². The van der Waals surface area contributed by atoms with Crippen LogP contribution in [0.2, 0.25) is 0 Å². The van der Waals surface area contributed by atoms with E-state index < -0.39 is 0 Å². The van der Waals surface area contributed by atoms with Crippen molar-refractivity contribution in [2.24, 2.45) is 5.73 Å². The first-order chi connectivity index (χ1) is 4.63. The maximum atomic E-state index is 5.72. The average Bonchev–Trinajstić information content (AvgIpc) is 2.14. The minimum Gasteiger partial charge on any atom is -0.323 e.